The average Bonchev–Trinajstić information content (AvgIpc) is 2.36. The van der Waals surface area contributed by atoms with Crippen LogP contribution in [0.15, 0.2) is 18.2 Å². The molecule has 0 unspecified atom stereocenters. The summed E-state index contributed by atoms with van der Waals surface area (Å²) >= 11 is 0. The first kappa shape index (κ1) is 14.9. The SMILES string of the molecule is Nc1cc(C(=O)NCCCCCC(=O)O)ccc1F. The first-order valence-electron chi connectivity index (χ1n) is 6.05. The van der Waals surface area contributed by atoms with Gasteiger partial charge in [-0.3, -0.25) is 9.59 Å². The Morgan fingerprint density at radius 1 is 1.26 bits per heavy atom. The standard InChI is InChI=1S/C13H17FN2O3/c14-10-6-5-9(8-11(10)15)13(19)16-7-3-1-2-4-12(17)18/h5-6,8H,1-4,7,15H2,(H,16,19)(H,17,18). The van der Waals surface area contributed by atoms with E-state index in [1.54, 1.807) is 0 Å². The van der Waals surface area contributed by atoms with Gasteiger partial charge in [0.2, 0.25) is 0 Å². The normalized spacial score (nSPS) is 10.2. The summed E-state index contributed by atoms with van der Waals surface area (Å²) < 4.78 is 12.9. The number of nitrogens with one attached hydrogen (secondary N) is 1. The van der Waals surface area contributed by atoms with Gasteiger partial charge in [0.05, 0.1) is 5.69 Å². The highest BCUT2D eigenvalue weighted by molar-refractivity contribution is 5.94. The van der Waals surface area contributed by atoms with Crippen molar-refractivity contribution in [1.29, 1.82) is 0 Å². The Hall–Kier alpha value is -2.11. The largest absolute Gasteiger partial charge is 0.481 e. The van der Waals surface area contributed by atoms with Crippen LogP contribution in [-0.4, -0.2) is 23.5 Å². The van der Waals surface area contributed by atoms with Crippen LogP contribution in [0.5, 0.6) is 0 Å². The molecular formula is C13H17FN2O3. The maximum Gasteiger partial charge on any atom is 0.303 e. The van der Waals surface area contributed by atoms with Gasteiger partial charge in [0.1, 0.15) is 5.82 Å². The molecule has 0 atom stereocenters. The Balaban J connectivity index is 2.27. The van der Waals surface area contributed by atoms with Gasteiger partial charge in [-0.1, -0.05) is 6.42 Å². The molecule has 0 saturated carbocycles. The van der Waals surface area contributed by atoms with Crippen LogP contribution >= 0.6 is 0 Å². The number of rotatable bonds is 7. The van der Waals surface area contributed by atoms with Crippen molar-refractivity contribution >= 4 is 17.6 Å². The molecule has 19 heavy (non-hydrogen) atoms. The highest BCUT2D eigenvalue weighted by atomic mass is 19.1. The maximum absolute atomic E-state index is 12.9. The van der Waals surface area contributed by atoms with Gasteiger partial charge < -0.3 is 16.2 Å². The molecule has 4 N–H and O–H groups in total. The first-order valence-corrected chi connectivity index (χ1v) is 6.05. The molecule has 0 aliphatic carbocycles. The summed E-state index contributed by atoms with van der Waals surface area (Å²) in [5.74, 6) is -1.68. The van der Waals surface area contributed by atoms with Crippen molar-refractivity contribution in [2.24, 2.45) is 0 Å². The second kappa shape index (κ2) is 7.35. The fourth-order valence-electron chi connectivity index (χ4n) is 1.57. The van der Waals surface area contributed by atoms with E-state index in [-0.39, 0.29) is 18.0 Å². The monoisotopic (exact) mass is 268 g/mol. The number of halogens is 1. The molecule has 0 saturated heterocycles. The molecule has 1 aromatic carbocycles. The van der Waals surface area contributed by atoms with Crippen LogP contribution in [0, 0.1) is 5.82 Å². The summed E-state index contributed by atoms with van der Waals surface area (Å²) in [6.07, 6.45) is 2.17. The third kappa shape index (κ3) is 5.37. The van der Waals surface area contributed by atoms with E-state index >= 15 is 0 Å². The van der Waals surface area contributed by atoms with Crippen LogP contribution in [0.4, 0.5) is 10.1 Å². The molecule has 0 radical (unpaired) electrons. The molecule has 0 bridgehead atoms. The van der Waals surface area contributed by atoms with Crippen LogP contribution in [0.2, 0.25) is 0 Å². The van der Waals surface area contributed by atoms with Crippen LogP contribution in [0.3, 0.4) is 0 Å². The summed E-state index contributed by atoms with van der Waals surface area (Å²) in [6.45, 7) is 0.454. The Kier molecular flexibility index (Phi) is 5.78. The molecule has 104 valence electrons. The molecule has 0 heterocycles. The third-order valence-electron chi connectivity index (χ3n) is 2.61. The number of nitrogens with two attached hydrogens (primary N) is 1. The predicted molar refractivity (Wildman–Crippen MR) is 69.2 cm³/mol. The second-order valence-corrected chi connectivity index (χ2v) is 4.20. The van der Waals surface area contributed by atoms with E-state index in [4.69, 9.17) is 10.8 Å². The van der Waals surface area contributed by atoms with E-state index in [1.807, 2.05) is 0 Å². The van der Waals surface area contributed by atoms with Crippen molar-refractivity contribution in [1.82, 2.24) is 5.32 Å². The van der Waals surface area contributed by atoms with Crippen molar-refractivity contribution in [2.45, 2.75) is 25.7 Å². The van der Waals surface area contributed by atoms with E-state index in [2.05, 4.69) is 5.32 Å². The zero-order valence-electron chi connectivity index (χ0n) is 10.5. The molecule has 1 rings (SSSR count). The number of unbranched alkanes of at least 4 members (excludes halogenated alkanes) is 2. The molecule has 1 aromatic rings. The summed E-state index contributed by atoms with van der Waals surface area (Å²) in [5.41, 5.74) is 5.62. The zero-order chi connectivity index (χ0) is 14.3. The van der Waals surface area contributed by atoms with E-state index < -0.39 is 11.8 Å². The summed E-state index contributed by atoms with van der Waals surface area (Å²) in [6, 6.07) is 3.80. The first-order chi connectivity index (χ1) is 9.00. The Bertz CT molecular complexity index is 463. The van der Waals surface area contributed by atoms with Gasteiger partial charge in [-0.2, -0.15) is 0 Å². The third-order valence-corrected chi connectivity index (χ3v) is 2.61. The second-order valence-electron chi connectivity index (χ2n) is 4.20. The van der Waals surface area contributed by atoms with E-state index in [1.165, 1.54) is 12.1 Å². The van der Waals surface area contributed by atoms with Crippen molar-refractivity contribution in [3.63, 3.8) is 0 Å². The number of carboxylic acids is 1. The minimum Gasteiger partial charge on any atom is -0.481 e. The Morgan fingerprint density at radius 3 is 2.63 bits per heavy atom. The van der Waals surface area contributed by atoms with Crippen molar-refractivity contribution < 1.29 is 19.1 Å². The maximum atomic E-state index is 12.9. The van der Waals surface area contributed by atoms with Crippen LogP contribution in [0.25, 0.3) is 0 Å². The number of carbonyl (C=O) groups is 2. The average molecular weight is 268 g/mol. The number of hydrogen-bond donors (Lipinski definition) is 3. The lowest BCUT2D eigenvalue weighted by molar-refractivity contribution is -0.137. The molecule has 0 spiro atoms. The lowest BCUT2D eigenvalue weighted by Gasteiger charge is -2.06. The summed E-state index contributed by atoms with van der Waals surface area (Å²) in [4.78, 5) is 21.9. The molecule has 6 heteroatoms. The van der Waals surface area contributed by atoms with Gasteiger partial charge in [0, 0.05) is 18.5 Å². The van der Waals surface area contributed by atoms with Gasteiger partial charge >= 0.3 is 5.97 Å². The lowest BCUT2D eigenvalue weighted by Crippen LogP contribution is -2.24. The van der Waals surface area contributed by atoms with Gasteiger partial charge in [0.15, 0.2) is 0 Å². The molecule has 0 fully saturated rings. The molecule has 0 aliphatic heterocycles. The fourth-order valence-corrected chi connectivity index (χ4v) is 1.57. The van der Waals surface area contributed by atoms with Crippen molar-refractivity contribution in [3.05, 3.63) is 29.6 Å². The number of benzene rings is 1. The van der Waals surface area contributed by atoms with E-state index in [0.717, 1.165) is 12.5 Å². The lowest BCUT2D eigenvalue weighted by atomic mass is 10.1. The molecular weight excluding hydrogens is 251 g/mol. The highest BCUT2D eigenvalue weighted by Crippen LogP contribution is 2.12. The minimum absolute atomic E-state index is 0.0610. The van der Waals surface area contributed by atoms with Crippen molar-refractivity contribution in [2.75, 3.05) is 12.3 Å². The molecule has 0 aromatic heterocycles. The topological polar surface area (TPSA) is 92.4 Å². The summed E-state index contributed by atoms with van der Waals surface area (Å²) in [7, 11) is 0. The number of aliphatic carboxylic acids is 1. The van der Waals surface area contributed by atoms with Crippen LogP contribution in [-0.2, 0) is 4.79 Å². The van der Waals surface area contributed by atoms with Crippen molar-refractivity contribution in [3.8, 4) is 0 Å². The Labute approximate surface area is 110 Å². The number of nitrogen functional groups attached to an aromatic ring is 1. The Morgan fingerprint density at radius 2 is 2.00 bits per heavy atom. The molecule has 0 aliphatic rings. The number of hydrogen-bond acceptors (Lipinski definition) is 3. The predicted octanol–water partition coefficient (Wildman–Crippen LogP) is 1.78. The highest BCUT2D eigenvalue weighted by Gasteiger charge is 2.07. The van der Waals surface area contributed by atoms with Gasteiger partial charge in [-0.05, 0) is 31.0 Å². The van der Waals surface area contributed by atoms with E-state index in [0.29, 0.717) is 24.9 Å². The smallest absolute Gasteiger partial charge is 0.303 e. The van der Waals surface area contributed by atoms with E-state index in [9.17, 15) is 14.0 Å². The van der Waals surface area contributed by atoms with Crippen LogP contribution < -0.4 is 11.1 Å². The van der Waals surface area contributed by atoms with Gasteiger partial charge in [-0.15, -0.1) is 0 Å². The number of anilines is 1. The zero-order valence-corrected chi connectivity index (χ0v) is 10.5. The summed E-state index contributed by atoms with van der Waals surface area (Å²) in [5, 5.41) is 11.1. The molecule has 1 amide bonds. The van der Waals surface area contributed by atoms with Gasteiger partial charge in [0.25, 0.3) is 5.91 Å². The number of carboxylic acid groups (broad SMARTS) is 1. The number of carbonyl (C=O) groups excluding carboxylic acids is 1. The van der Waals surface area contributed by atoms with Gasteiger partial charge in [-0.25, -0.2) is 4.39 Å². The fraction of sp³-hybridized carbons (Fsp3) is 0.385. The number of amides is 1. The minimum atomic E-state index is -0.814. The van der Waals surface area contributed by atoms with Crippen LogP contribution in [0.1, 0.15) is 36.0 Å². The quantitative estimate of drug-likeness (QED) is 0.519. The molecule has 5 nitrogen and oxygen atoms in total.